The van der Waals surface area contributed by atoms with Crippen LogP contribution in [-0.4, -0.2) is 43.4 Å². The second-order valence-corrected chi connectivity index (χ2v) is 4.43. The minimum Gasteiger partial charge on any atom is -0.504 e. The molecule has 0 aromatic heterocycles. The highest BCUT2D eigenvalue weighted by Gasteiger charge is 2.20. The number of para-hydroxylation sites is 1. The SMILES string of the molecule is COc1c(O)cccc1OC1CCN(C)CC1. The number of hydrogen-bond acceptors (Lipinski definition) is 4. The zero-order chi connectivity index (χ0) is 12.3. The first kappa shape index (κ1) is 12.0. The van der Waals surface area contributed by atoms with Crippen molar-refractivity contribution in [3.05, 3.63) is 18.2 Å². The van der Waals surface area contributed by atoms with Gasteiger partial charge in [0.15, 0.2) is 11.5 Å². The molecule has 94 valence electrons. The summed E-state index contributed by atoms with van der Waals surface area (Å²) in [4.78, 5) is 2.29. The second kappa shape index (κ2) is 5.27. The monoisotopic (exact) mass is 237 g/mol. The van der Waals surface area contributed by atoms with Gasteiger partial charge in [0, 0.05) is 13.1 Å². The van der Waals surface area contributed by atoms with Crippen LogP contribution < -0.4 is 9.47 Å². The molecule has 1 saturated heterocycles. The first-order chi connectivity index (χ1) is 8.20. The van der Waals surface area contributed by atoms with Crippen molar-refractivity contribution in [2.45, 2.75) is 18.9 Å². The van der Waals surface area contributed by atoms with Crippen LogP contribution >= 0.6 is 0 Å². The Morgan fingerprint density at radius 2 is 2.00 bits per heavy atom. The fraction of sp³-hybridized carbons (Fsp3) is 0.538. The number of aromatic hydroxyl groups is 1. The first-order valence-corrected chi connectivity index (χ1v) is 5.92. The molecule has 0 unspecified atom stereocenters. The van der Waals surface area contributed by atoms with Gasteiger partial charge in [-0.2, -0.15) is 0 Å². The van der Waals surface area contributed by atoms with Crippen LogP contribution in [0, 0.1) is 0 Å². The van der Waals surface area contributed by atoms with Gasteiger partial charge < -0.3 is 19.5 Å². The zero-order valence-electron chi connectivity index (χ0n) is 10.3. The fourth-order valence-corrected chi connectivity index (χ4v) is 2.08. The molecule has 1 aliphatic heterocycles. The molecule has 0 saturated carbocycles. The molecule has 4 heteroatoms. The molecule has 0 aliphatic carbocycles. The Morgan fingerprint density at radius 3 is 2.65 bits per heavy atom. The van der Waals surface area contributed by atoms with Crippen LogP contribution in [-0.2, 0) is 0 Å². The van der Waals surface area contributed by atoms with Crippen molar-refractivity contribution in [2.24, 2.45) is 0 Å². The van der Waals surface area contributed by atoms with Gasteiger partial charge in [0.25, 0.3) is 0 Å². The third-order valence-electron chi connectivity index (χ3n) is 3.12. The predicted octanol–water partition coefficient (Wildman–Crippen LogP) is 1.87. The topological polar surface area (TPSA) is 41.9 Å². The molecule has 1 aromatic rings. The van der Waals surface area contributed by atoms with Gasteiger partial charge in [0.05, 0.1) is 7.11 Å². The van der Waals surface area contributed by atoms with E-state index in [1.807, 2.05) is 6.07 Å². The van der Waals surface area contributed by atoms with E-state index >= 15 is 0 Å². The number of piperidine rings is 1. The molecule has 1 aromatic carbocycles. The summed E-state index contributed by atoms with van der Waals surface area (Å²) >= 11 is 0. The average molecular weight is 237 g/mol. The molecule has 0 bridgehead atoms. The quantitative estimate of drug-likeness (QED) is 0.871. The minimum atomic E-state index is 0.123. The number of rotatable bonds is 3. The fourth-order valence-electron chi connectivity index (χ4n) is 2.08. The summed E-state index contributed by atoms with van der Waals surface area (Å²) in [5.74, 6) is 1.17. The molecule has 0 atom stereocenters. The number of nitrogens with zero attached hydrogens (tertiary/aromatic N) is 1. The lowest BCUT2D eigenvalue weighted by atomic mass is 10.1. The molecule has 4 nitrogen and oxygen atoms in total. The van der Waals surface area contributed by atoms with Gasteiger partial charge in [-0.1, -0.05) is 6.07 Å². The molecule has 1 heterocycles. The van der Waals surface area contributed by atoms with E-state index in [0.29, 0.717) is 11.5 Å². The van der Waals surface area contributed by atoms with E-state index in [1.54, 1.807) is 12.1 Å². The standard InChI is InChI=1S/C13H19NO3/c1-14-8-6-10(7-9-14)17-12-5-3-4-11(15)13(12)16-2/h3-5,10,15H,6-9H2,1-2H3. The first-order valence-electron chi connectivity index (χ1n) is 5.92. The molecular formula is C13H19NO3. The van der Waals surface area contributed by atoms with E-state index in [1.165, 1.54) is 7.11 Å². The molecule has 1 N–H and O–H groups in total. The number of phenols is 1. The molecular weight excluding hydrogens is 218 g/mol. The van der Waals surface area contributed by atoms with E-state index in [2.05, 4.69) is 11.9 Å². The Hall–Kier alpha value is -1.42. The molecule has 0 spiro atoms. The third-order valence-corrected chi connectivity index (χ3v) is 3.12. The minimum absolute atomic E-state index is 0.123. The smallest absolute Gasteiger partial charge is 0.203 e. The van der Waals surface area contributed by atoms with Crippen LogP contribution in [0.4, 0.5) is 0 Å². The summed E-state index contributed by atoms with van der Waals surface area (Å²) in [5, 5.41) is 9.65. The Balaban J connectivity index is 2.05. The van der Waals surface area contributed by atoms with Crippen LogP contribution in [0.3, 0.4) is 0 Å². The van der Waals surface area contributed by atoms with Gasteiger partial charge in [0.1, 0.15) is 6.10 Å². The van der Waals surface area contributed by atoms with Crippen molar-refractivity contribution >= 4 is 0 Å². The van der Waals surface area contributed by atoms with Crippen molar-refractivity contribution in [1.82, 2.24) is 4.90 Å². The highest BCUT2D eigenvalue weighted by atomic mass is 16.5. The zero-order valence-corrected chi connectivity index (χ0v) is 10.3. The lowest BCUT2D eigenvalue weighted by molar-refractivity contribution is 0.110. The maximum Gasteiger partial charge on any atom is 0.203 e. The molecule has 1 fully saturated rings. The summed E-state index contributed by atoms with van der Waals surface area (Å²) in [7, 11) is 3.65. The third kappa shape index (κ3) is 2.82. The number of methoxy groups -OCH3 is 1. The Bertz CT molecular complexity index is 373. The number of likely N-dealkylation sites (tertiary alicyclic amines) is 1. The number of benzene rings is 1. The van der Waals surface area contributed by atoms with E-state index < -0.39 is 0 Å². The maximum absolute atomic E-state index is 9.65. The molecule has 2 rings (SSSR count). The van der Waals surface area contributed by atoms with Crippen LogP contribution in [0.25, 0.3) is 0 Å². The van der Waals surface area contributed by atoms with Crippen molar-refractivity contribution in [2.75, 3.05) is 27.2 Å². The van der Waals surface area contributed by atoms with Crippen molar-refractivity contribution in [3.63, 3.8) is 0 Å². The van der Waals surface area contributed by atoms with E-state index in [9.17, 15) is 5.11 Å². The summed E-state index contributed by atoms with van der Waals surface area (Å²) < 4.78 is 11.0. The van der Waals surface area contributed by atoms with Gasteiger partial charge in [-0.3, -0.25) is 0 Å². The highest BCUT2D eigenvalue weighted by molar-refractivity contribution is 5.50. The number of hydrogen-bond donors (Lipinski definition) is 1. The Morgan fingerprint density at radius 1 is 1.29 bits per heavy atom. The van der Waals surface area contributed by atoms with Gasteiger partial charge in [-0.25, -0.2) is 0 Å². The molecule has 0 amide bonds. The van der Waals surface area contributed by atoms with Crippen LogP contribution in [0.15, 0.2) is 18.2 Å². The van der Waals surface area contributed by atoms with Crippen LogP contribution in [0.5, 0.6) is 17.2 Å². The molecule has 1 aliphatic rings. The second-order valence-electron chi connectivity index (χ2n) is 4.43. The summed E-state index contributed by atoms with van der Waals surface area (Å²) in [6.45, 7) is 2.09. The largest absolute Gasteiger partial charge is 0.504 e. The highest BCUT2D eigenvalue weighted by Crippen LogP contribution is 2.37. The summed E-state index contributed by atoms with van der Waals surface area (Å²) in [6, 6.07) is 5.19. The van der Waals surface area contributed by atoms with Gasteiger partial charge in [0.2, 0.25) is 5.75 Å². The van der Waals surface area contributed by atoms with Crippen LogP contribution in [0.1, 0.15) is 12.8 Å². The summed E-state index contributed by atoms with van der Waals surface area (Å²) in [6.07, 6.45) is 2.23. The molecule has 0 radical (unpaired) electrons. The Kier molecular flexibility index (Phi) is 3.74. The van der Waals surface area contributed by atoms with Crippen molar-refractivity contribution < 1.29 is 14.6 Å². The van der Waals surface area contributed by atoms with Gasteiger partial charge >= 0.3 is 0 Å². The summed E-state index contributed by atoms with van der Waals surface area (Å²) in [5.41, 5.74) is 0. The van der Waals surface area contributed by atoms with Crippen LogP contribution in [0.2, 0.25) is 0 Å². The normalized spacial score (nSPS) is 18.0. The predicted molar refractivity (Wildman–Crippen MR) is 65.8 cm³/mol. The van der Waals surface area contributed by atoms with Crippen molar-refractivity contribution in [1.29, 1.82) is 0 Å². The molecule has 17 heavy (non-hydrogen) atoms. The lowest BCUT2D eigenvalue weighted by Gasteiger charge is -2.29. The van der Waals surface area contributed by atoms with Gasteiger partial charge in [-0.05, 0) is 32.0 Å². The number of phenolic OH excluding ortho intramolecular Hbond substituents is 1. The van der Waals surface area contributed by atoms with E-state index in [-0.39, 0.29) is 11.9 Å². The van der Waals surface area contributed by atoms with E-state index in [4.69, 9.17) is 9.47 Å². The van der Waals surface area contributed by atoms with E-state index in [0.717, 1.165) is 25.9 Å². The maximum atomic E-state index is 9.65. The van der Waals surface area contributed by atoms with Crippen molar-refractivity contribution in [3.8, 4) is 17.2 Å². The van der Waals surface area contributed by atoms with Gasteiger partial charge in [-0.15, -0.1) is 0 Å². The Labute approximate surface area is 102 Å². The lowest BCUT2D eigenvalue weighted by Crippen LogP contribution is -2.35. The number of ether oxygens (including phenoxy) is 2. The average Bonchev–Trinajstić information content (AvgIpc) is 2.32.